The molecule has 26 heavy (non-hydrogen) atoms. The van der Waals surface area contributed by atoms with Gasteiger partial charge < -0.3 is 20.5 Å². The molecule has 138 valence electrons. The lowest BCUT2D eigenvalue weighted by atomic mass is 10.0. The van der Waals surface area contributed by atoms with E-state index in [9.17, 15) is 23.1 Å². The summed E-state index contributed by atoms with van der Waals surface area (Å²) in [5.74, 6) is 0.788. The molecule has 0 saturated heterocycles. The molecule has 3 rings (SSSR count). The second-order valence-electron chi connectivity index (χ2n) is 5.90. The molecule has 0 bridgehead atoms. The quantitative estimate of drug-likeness (QED) is 0.776. The van der Waals surface area contributed by atoms with Crippen LogP contribution in [0.4, 0.5) is 23.7 Å². The van der Waals surface area contributed by atoms with Gasteiger partial charge in [-0.1, -0.05) is 12.1 Å². The molecule has 8 heteroatoms. The minimum atomic E-state index is -4.48. The lowest BCUT2D eigenvalue weighted by Gasteiger charge is -2.14. The monoisotopic (exact) mass is 366 g/mol. The molecule has 1 unspecified atom stereocenters. The van der Waals surface area contributed by atoms with Crippen molar-refractivity contribution in [2.24, 2.45) is 0 Å². The summed E-state index contributed by atoms with van der Waals surface area (Å²) >= 11 is 0. The smallest absolute Gasteiger partial charge is 0.416 e. The summed E-state index contributed by atoms with van der Waals surface area (Å²) in [6, 6.07) is 8.92. The molecule has 5 nitrogen and oxygen atoms in total. The van der Waals surface area contributed by atoms with Crippen molar-refractivity contribution in [3.05, 3.63) is 59.2 Å². The van der Waals surface area contributed by atoms with Crippen LogP contribution in [-0.4, -0.2) is 24.3 Å². The van der Waals surface area contributed by atoms with E-state index in [2.05, 4.69) is 10.6 Å². The Morgan fingerprint density at radius 1 is 1.23 bits per heavy atom. The maximum Gasteiger partial charge on any atom is 0.416 e. The maximum atomic E-state index is 12.7. The fraction of sp³-hybridized carbons (Fsp3) is 0.278. The molecule has 0 spiro atoms. The highest BCUT2D eigenvalue weighted by atomic mass is 19.4. The summed E-state index contributed by atoms with van der Waals surface area (Å²) < 4.78 is 43.4. The van der Waals surface area contributed by atoms with E-state index in [1.54, 1.807) is 12.1 Å². The number of anilines is 1. The number of carbonyl (C=O) groups excluding carboxylic acids is 1. The molecule has 0 radical (unpaired) electrons. The van der Waals surface area contributed by atoms with Crippen LogP contribution in [-0.2, 0) is 12.6 Å². The fourth-order valence-electron chi connectivity index (χ4n) is 2.67. The third-order valence-electron chi connectivity index (χ3n) is 4.00. The Morgan fingerprint density at radius 3 is 2.81 bits per heavy atom. The number of halogens is 3. The Bertz CT molecular complexity index is 809. The molecule has 2 aromatic carbocycles. The molecule has 2 aromatic rings. The van der Waals surface area contributed by atoms with E-state index in [1.165, 1.54) is 12.1 Å². The van der Waals surface area contributed by atoms with Gasteiger partial charge in [-0.2, -0.15) is 13.2 Å². The van der Waals surface area contributed by atoms with Gasteiger partial charge in [0.2, 0.25) is 0 Å². The molecule has 1 aliphatic heterocycles. The molecule has 1 atom stereocenters. The normalized spacial score (nSPS) is 14.3. The second-order valence-corrected chi connectivity index (χ2v) is 5.90. The highest BCUT2D eigenvalue weighted by Gasteiger charge is 2.30. The van der Waals surface area contributed by atoms with Crippen LogP contribution in [0, 0.1) is 0 Å². The number of hydrogen-bond donors (Lipinski definition) is 3. The average Bonchev–Trinajstić information content (AvgIpc) is 3.07. The van der Waals surface area contributed by atoms with E-state index in [0.29, 0.717) is 12.2 Å². The largest absolute Gasteiger partial charge is 0.493 e. The van der Waals surface area contributed by atoms with Gasteiger partial charge in [0, 0.05) is 18.7 Å². The van der Waals surface area contributed by atoms with Crippen LogP contribution in [0.25, 0.3) is 0 Å². The van der Waals surface area contributed by atoms with Gasteiger partial charge >= 0.3 is 12.2 Å². The number of urea groups is 1. The van der Waals surface area contributed by atoms with Crippen LogP contribution in [0.1, 0.15) is 22.8 Å². The van der Waals surface area contributed by atoms with Crippen molar-refractivity contribution in [1.29, 1.82) is 0 Å². The molecule has 0 saturated carbocycles. The first kappa shape index (κ1) is 18.1. The number of amides is 2. The Balaban J connectivity index is 1.55. The molecule has 0 aliphatic carbocycles. The highest BCUT2D eigenvalue weighted by molar-refractivity contribution is 5.89. The van der Waals surface area contributed by atoms with Crippen LogP contribution < -0.4 is 15.4 Å². The van der Waals surface area contributed by atoms with Gasteiger partial charge in [-0.25, -0.2) is 4.79 Å². The molecular formula is C18H17F3N2O3. The Morgan fingerprint density at radius 2 is 2.04 bits per heavy atom. The van der Waals surface area contributed by atoms with E-state index in [4.69, 9.17) is 4.74 Å². The lowest BCUT2D eigenvalue weighted by molar-refractivity contribution is -0.137. The Labute approximate surface area is 147 Å². The van der Waals surface area contributed by atoms with Gasteiger partial charge in [-0.05, 0) is 41.5 Å². The molecule has 0 fully saturated rings. The zero-order valence-electron chi connectivity index (χ0n) is 13.6. The van der Waals surface area contributed by atoms with Crippen LogP contribution in [0.3, 0.4) is 0 Å². The van der Waals surface area contributed by atoms with Crippen molar-refractivity contribution in [3.63, 3.8) is 0 Å². The van der Waals surface area contributed by atoms with Crippen molar-refractivity contribution in [2.45, 2.75) is 18.7 Å². The third kappa shape index (κ3) is 4.26. The third-order valence-corrected chi connectivity index (χ3v) is 4.00. The Hall–Kier alpha value is -2.74. The van der Waals surface area contributed by atoms with E-state index in [1.807, 2.05) is 6.07 Å². The minimum absolute atomic E-state index is 0.0153. The fourth-order valence-corrected chi connectivity index (χ4v) is 2.67. The van der Waals surface area contributed by atoms with Crippen molar-refractivity contribution in [2.75, 3.05) is 18.5 Å². The number of hydrogen-bond acceptors (Lipinski definition) is 3. The van der Waals surface area contributed by atoms with Gasteiger partial charge in [0.05, 0.1) is 18.3 Å². The number of benzene rings is 2. The van der Waals surface area contributed by atoms with Gasteiger partial charge in [0.15, 0.2) is 0 Å². The predicted octanol–water partition coefficient (Wildman–Crippen LogP) is 3.50. The number of rotatable bonds is 4. The molecule has 0 aromatic heterocycles. The van der Waals surface area contributed by atoms with Crippen molar-refractivity contribution >= 4 is 11.7 Å². The van der Waals surface area contributed by atoms with E-state index in [0.717, 1.165) is 29.9 Å². The summed E-state index contributed by atoms with van der Waals surface area (Å²) in [6.45, 7) is 0.525. The first-order valence-electron chi connectivity index (χ1n) is 7.99. The molecule has 3 N–H and O–H groups in total. The average molecular weight is 366 g/mol. The van der Waals surface area contributed by atoms with E-state index < -0.39 is 23.9 Å². The van der Waals surface area contributed by atoms with Crippen molar-refractivity contribution < 1.29 is 27.8 Å². The number of carbonyl (C=O) groups is 1. The molecular weight excluding hydrogens is 349 g/mol. The zero-order valence-corrected chi connectivity index (χ0v) is 13.6. The zero-order chi connectivity index (χ0) is 18.7. The van der Waals surface area contributed by atoms with E-state index in [-0.39, 0.29) is 12.2 Å². The van der Waals surface area contributed by atoms with Crippen LogP contribution in [0.5, 0.6) is 5.75 Å². The lowest BCUT2D eigenvalue weighted by Crippen LogP contribution is -2.32. The van der Waals surface area contributed by atoms with Crippen molar-refractivity contribution in [3.8, 4) is 5.75 Å². The second kappa shape index (κ2) is 7.25. The van der Waals surface area contributed by atoms with Crippen molar-refractivity contribution in [1.82, 2.24) is 5.32 Å². The molecule has 1 aliphatic rings. The summed E-state index contributed by atoms with van der Waals surface area (Å²) in [6.07, 6.45) is -4.66. The number of fused-ring (bicyclic) bond motifs is 1. The number of alkyl halides is 3. The summed E-state index contributed by atoms with van der Waals surface area (Å²) in [5, 5.41) is 14.9. The first-order valence-corrected chi connectivity index (χ1v) is 7.99. The standard InChI is InChI=1S/C18H17F3N2O3/c19-18(20,21)13-2-1-3-14(9-13)23-17(25)22-10-15(24)11-4-5-16-12(8-11)6-7-26-16/h1-5,8-9,15,24H,6-7,10H2,(H2,22,23,25). The first-order chi connectivity index (χ1) is 12.3. The highest BCUT2D eigenvalue weighted by Crippen LogP contribution is 2.31. The van der Waals surface area contributed by atoms with Gasteiger partial charge in [0.25, 0.3) is 0 Å². The molecule has 1 heterocycles. The van der Waals surface area contributed by atoms with Crippen LogP contribution >= 0.6 is 0 Å². The number of aliphatic hydroxyl groups is 1. The molecule has 2 amide bonds. The summed E-state index contributed by atoms with van der Waals surface area (Å²) in [5.41, 5.74) is 0.792. The number of nitrogens with one attached hydrogen (secondary N) is 2. The number of ether oxygens (including phenoxy) is 1. The van der Waals surface area contributed by atoms with E-state index >= 15 is 0 Å². The number of aliphatic hydroxyl groups excluding tert-OH is 1. The van der Waals surface area contributed by atoms with Gasteiger partial charge in [0.1, 0.15) is 5.75 Å². The van der Waals surface area contributed by atoms with Crippen LogP contribution in [0.2, 0.25) is 0 Å². The minimum Gasteiger partial charge on any atom is -0.493 e. The SMILES string of the molecule is O=C(NCC(O)c1ccc2c(c1)CCO2)Nc1cccc(C(F)(F)F)c1. The van der Waals surface area contributed by atoms with Gasteiger partial charge in [-0.3, -0.25) is 0 Å². The topological polar surface area (TPSA) is 70.6 Å². The Kier molecular flexibility index (Phi) is 5.03. The van der Waals surface area contributed by atoms with Gasteiger partial charge in [-0.15, -0.1) is 0 Å². The van der Waals surface area contributed by atoms with Crippen LogP contribution in [0.15, 0.2) is 42.5 Å². The summed E-state index contributed by atoms with van der Waals surface area (Å²) in [4.78, 5) is 11.9. The predicted molar refractivity (Wildman–Crippen MR) is 89.1 cm³/mol. The summed E-state index contributed by atoms with van der Waals surface area (Å²) in [7, 11) is 0. The maximum absolute atomic E-state index is 12.7.